The standard InChI is InChI=1S/C28H38FN3O4/c1-3-19-16-23(26(35-2)24(29)17-19)25(28(33)34)32-14-12-22(18-32)36-15-6-4-5-9-21-11-10-20-8-7-13-30-27(20)31-21/h10-11,16-17,22,25H,3-9,12-15,18H2,1-2H3,(H,30,31)(H,33,34)/t22-,25+/m1/s1. The lowest BCUT2D eigenvalue weighted by molar-refractivity contribution is -0.143. The number of carboxylic acids is 1. The van der Waals surface area contributed by atoms with Crippen LogP contribution in [0.2, 0.25) is 0 Å². The number of carboxylic acid groups (broad SMARTS) is 1. The van der Waals surface area contributed by atoms with Crippen LogP contribution in [0.5, 0.6) is 5.75 Å². The predicted molar refractivity (Wildman–Crippen MR) is 137 cm³/mol. The maximum Gasteiger partial charge on any atom is 0.325 e. The molecule has 0 spiro atoms. The molecule has 2 aromatic rings. The van der Waals surface area contributed by atoms with Crippen LogP contribution >= 0.6 is 0 Å². The number of fused-ring (bicyclic) bond motifs is 1. The molecule has 1 fully saturated rings. The fraction of sp³-hybridized carbons (Fsp3) is 0.571. The normalized spacial score (nSPS) is 18.5. The van der Waals surface area contributed by atoms with Crippen LogP contribution in [0.3, 0.4) is 0 Å². The second-order valence-corrected chi connectivity index (χ2v) is 9.72. The molecule has 0 unspecified atom stereocenters. The van der Waals surface area contributed by atoms with Crippen molar-refractivity contribution in [2.24, 2.45) is 0 Å². The van der Waals surface area contributed by atoms with Gasteiger partial charge in [0.05, 0.1) is 13.2 Å². The van der Waals surface area contributed by atoms with E-state index in [0.29, 0.717) is 31.7 Å². The number of nitrogens with zero attached hydrogens (tertiary/aromatic N) is 2. The number of unbranched alkanes of at least 4 members (excludes halogenated alkanes) is 2. The zero-order valence-electron chi connectivity index (χ0n) is 21.4. The van der Waals surface area contributed by atoms with Gasteiger partial charge in [0.15, 0.2) is 11.6 Å². The van der Waals surface area contributed by atoms with E-state index in [2.05, 4.69) is 17.4 Å². The predicted octanol–water partition coefficient (Wildman–Crippen LogP) is 4.78. The highest BCUT2D eigenvalue weighted by Gasteiger charge is 2.36. The highest BCUT2D eigenvalue weighted by Crippen LogP contribution is 2.35. The molecule has 7 nitrogen and oxygen atoms in total. The van der Waals surface area contributed by atoms with Crippen molar-refractivity contribution in [3.63, 3.8) is 0 Å². The summed E-state index contributed by atoms with van der Waals surface area (Å²) >= 11 is 0. The highest BCUT2D eigenvalue weighted by atomic mass is 19.1. The van der Waals surface area contributed by atoms with Crippen molar-refractivity contribution in [1.82, 2.24) is 9.88 Å². The molecule has 0 saturated carbocycles. The molecule has 1 aromatic heterocycles. The first kappa shape index (κ1) is 26.4. The number of rotatable bonds is 12. The van der Waals surface area contributed by atoms with Gasteiger partial charge in [-0.15, -0.1) is 0 Å². The molecule has 196 valence electrons. The second kappa shape index (κ2) is 12.5. The number of methoxy groups -OCH3 is 1. The number of likely N-dealkylation sites (tertiary alicyclic amines) is 1. The van der Waals surface area contributed by atoms with E-state index in [0.717, 1.165) is 62.1 Å². The molecule has 1 saturated heterocycles. The van der Waals surface area contributed by atoms with Crippen LogP contribution in [-0.2, 0) is 28.8 Å². The van der Waals surface area contributed by atoms with Gasteiger partial charge >= 0.3 is 5.97 Å². The Morgan fingerprint density at radius 2 is 2.17 bits per heavy atom. The molecule has 0 aliphatic carbocycles. The Morgan fingerprint density at radius 1 is 1.31 bits per heavy atom. The molecule has 2 N–H and O–H groups in total. The zero-order chi connectivity index (χ0) is 25.5. The number of anilines is 1. The first-order valence-electron chi connectivity index (χ1n) is 13.2. The van der Waals surface area contributed by atoms with Crippen LogP contribution in [0.1, 0.15) is 67.5 Å². The van der Waals surface area contributed by atoms with Gasteiger partial charge in [-0.3, -0.25) is 9.69 Å². The Morgan fingerprint density at radius 3 is 2.94 bits per heavy atom. The Labute approximate surface area is 213 Å². The second-order valence-electron chi connectivity index (χ2n) is 9.72. The molecular weight excluding hydrogens is 461 g/mol. The lowest BCUT2D eigenvalue weighted by atomic mass is 10.00. The fourth-order valence-electron chi connectivity index (χ4n) is 5.25. The molecule has 8 heteroatoms. The van der Waals surface area contributed by atoms with Gasteiger partial charge in [0.25, 0.3) is 0 Å². The molecule has 1 aromatic carbocycles. The summed E-state index contributed by atoms with van der Waals surface area (Å²) in [5.41, 5.74) is 3.57. The van der Waals surface area contributed by atoms with Gasteiger partial charge in [-0.25, -0.2) is 9.37 Å². The average molecular weight is 500 g/mol. The van der Waals surface area contributed by atoms with E-state index in [1.165, 1.54) is 25.2 Å². The fourth-order valence-corrected chi connectivity index (χ4v) is 5.25. The minimum absolute atomic E-state index is 0.00756. The molecule has 4 rings (SSSR count). The number of pyridine rings is 1. The van der Waals surface area contributed by atoms with Crippen molar-refractivity contribution in [3.8, 4) is 5.75 Å². The highest BCUT2D eigenvalue weighted by molar-refractivity contribution is 5.77. The molecule has 3 heterocycles. The minimum Gasteiger partial charge on any atom is -0.493 e. The third-order valence-corrected chi connectivity index (χ3v) is 7.20. The number of carbonyl (C=O) groups is 1. The average Bonchev–Trinajstić information content (AvgIpc) is 3.33. The van der Waals surface area contributed by atoms with Crippen molar-refractivity contribution in [2.75, 3.05) is 38.7 Å². The van der Waals surface area contributed by atoms with Gasteiger partial charge < -0.3 is 19.9 Å². The van der Waals surface area contributed by atoms with Gasteiger partial charge in [-0.05, 0) is 74.3 Å². The van der Waals surface area contributed by atoms with Gasteiger partial charge in [0.2, 0.25) is 0 Å². The van der Waals surface area contributed by atoms with E-state index in [4.69, 9.17) is 14.5 Å². The molecule has 0 bridgehead atoms. The molecular formula is C28H38FN3O4. The van der Waals surface area contributed by atoms with Crippen LogP contribution in [0.4, 0.5) is 10.2 Å². The Bertz CT molecular complexity index is 1050. The van der Waals surface area contributed by atoms with Crippen LogP contribution in [0, 0.1) is 5.82 Å². The molecule has 36 heavy (non-hydrogen) atoms. The number of halogens is 1. The number of benzene rings is 1. The number of hydrogen-bond donors (Lipinski definition) is 2. The minimum atomic E-state index is -1.01. The number of aromatic nitrogens is 1. The number of nitrogens with one attached hydrogen (secondary N) is 1. The lowest BCUT2D eigenvalue weighted by Crippen LogP contribution is -2.34. The number of aliphatic carboxylic acids is 1. The largest absolute Gasteiger partial charge is 0.493 e. The van der Waals surface area contributed by atoms with E-state index in [-0.39, 0.29) is 11.9 Å². The van der Waals surface area contributed by atoms with Crippen molar-refractivity contribution in [3.05, 3.63) is 52.5 Å². The monoisotopic (exact) mass is 499 g/mol. The van der Waals surface area contributed by atoms with Gasteiger partial charge in [0.1, 0.15) is 11.9 Å². The maximum atomic E-state index is 14.6. The zero-order valence-corrected chi connectivity index (χ0v) is 21.4. The lowest BCUT2D eigenvalue weighted by Gasteiger charge is -2.26. The number of aryl methyl sites for hydroxylation is 3. The first-order chi connectivity index (χ1) is 17.5. The molecule has 2 atom stereocenters. The van der Waals surface area contributed by atoms with Crippen molar-refractivity contribution in [1.29, 1.82) is 0 Å². The van der Waals surface area contributed by atoms with Gasteiger partial charge in [-0.2, -0.15) is 0 Å². The topological polar surface area (TPSA) is 83.9 Å². The third-order valence-electron chi connectivity index (χ3n) is 7.20. The van der Waals surface area contributed by atoms with Crippen LogP contribution in [0.15, 0.2) is 24.3 Å². The SMILES string of the molecule is CCc1cc(F)c(OC)c([C@@H](C(=O)O)N2CC[C@@H](OCCCCCc3ccc4c(n3)NCCC4)C2)c1. The van der Waals surface area contributed by atoms with Crippen LogP contribution in [-0.4, -0.2) is 60.4 Å². The Hall–Kier alpha value is -2.71. The smallest absolute Gasteiger partial charge is 0.325 e. The number of ether oxygens (including phenoxy) is 2. The molecule has 0 radical (unpaired) electrons. The summed E-state index contributed by atoms with van der Waals surface area (Å²) in [6, 6.07) is 6.54. The van der Waals surface area contributed by atoms with Crippen LogP contribution < -0.4 is 10.1 Å². The summed E-state index contributed by atoms with van der Waals surface area (Å²) in [6.45, 7) is 4.66. The van der Waals surface area contributed by atoms with Gasteiger partial charge in [-0.1, -0.05) is 19.4 Å². The third kappa shape index (κ3) is 6.34. The van der Waals surface area contributed by atoms with E-state index in [1.54, 1.807) is 6.07 Å². The van der Waals surface area contributed by atoms with E-state index in [1.807, 2.05) is 11.8 Å². The van der Waals surface area contributed by atoms with Crippen molar-refractivity contribution >= 4 is 11.8 Å². The van der Waals surface area contributed by atoms with E-state index >= 15 is 0 Å². The molecule has 0 amide bonds. The summed E-state index contributed by atoms with van der Waals surface area (Å²) in [7, 11) is 1.38. The quantitative estimate of drug-likeness (QED) is 0.407. The Balaban J connectivity index is 1.24. The summed E-state index contributed by atoms with van der Waals surface area (Å²) in [4.78, 5) is 18.9. The summed E-state index contributed by atoms with van der Waals surface area (Å²) in [5, 5.41) is 13.4. The van der Waals surface area contributed by atoms with Crippen molar-refractivity contribution in [2.45, 2.75) is 70.4 Å². The Kier molecular flexibility index (Phi) is 9.15. The maximum absolute atomic E-state index is 14.6. The van der Waals surface area contributed by atoms with Crippen molar-refractivity contribution < 1.29 is 23.8 Å². The van der Waals surface area contributed by atoms with E-state index in [9.17, 15) is 14.3 Å². The number of hydrogen-bond acceptors (Lipinski definition) is 6. The first-order valence-corrected chi connectivity index (χ1v) is 13.2. The summed E-state index contributed by atoms with van der Waals surface area (Å²) in [5.74, 6) is -0.470. The molecule has 2 aliphatic heterocycles. The summed E-state index contributed by atoms with van der Waals surface area (Å²) in [6.07, 6.45) is 7.66. The summed E-state index contributed by atoms with van der Waals surface area (Å²) < 4.78 is 25.9. The molecule has 2 aliphatic rings. The van der Waals surface area contributed by atoms with Gasteiger partial charge in [0, 0.05) is 37.5 Å². The van der Waals surface area contributed by atoms with Crippen LogP contribution in [0.25, 0.3) is 0 Å². The van der Waals surface area contributed by atoms with E-state index < -0.39 is 17.8 Å².